The second-order valence-electron chi connectivity index (χ2n) is 5.21. The van der Waals surface area contributed by atoms with Crippen molar-refractivity contribution in [1.29, 1.82) is 0 Å². The number of halogens is 1. The molecule has 22 heavy (non-hydrogen) atoms. The Morgan fingerprint density at radius 1 is 1.09 bits per heavy atom. The fourth-order valence-corrected chi connectivity index (χ4v) is 3.53. The van der Waals surface area contributed by atoms with Crippen LogP contribution in [0.2, 0.25) is 5.28 Å². The van der Waals surface area contributed by atoms with Crippen molar-refractivity contribution in [2.45, 2.75) is 0 Å². The van der Waals surface area contributed by atoms with Crippen LogP contribution in [0, 0.1) is 0 Å². The van der Waals surface area contributed by atoms with E-state index in [0.29, 0.717) is 11.9 Å². The number of nitrogens with one attached hydrogen (secondary N) is 1. The molecule has 0 radical (unpaired) electrons. The largest absolute Gasteiger partial charge is 0.379 e. The molecule has 2 aliphatic heterocycles. The zero-order valence-electron chi connectivity index (χ0n) is 12.5. The van der Waals surface area contributed by atoms with E-state index in [2.05, 4.69) is 30.1 Å². The highest BCUT2D eigenvalue weighted by Gasteiger charge is 2.16. The number of rotatable bonds is 5. The van der Waals surface area contributed by atoms with Gasteiger partial charge in [-0.1, -0.05) is 0 Å². The van der Waals surface area contributed by atoms with Gasteiger partial charge in [0, 0.05) is 50.8 Å². The second kappa shape index (κ2) is 8.14. The highest BCUT2D eigenvalue weighted by molar-refractivity contribution is 7.99. The van der Waals surface area contributed by atoms with Crippen LogP contribution in [0.3, 0.4) is 0 Å². The molecule has 2 saturated heterocycles. The Balaban J connectivity index is 1.54. The van der Waals surface area contributed by atoms with Crippen LogP contribution in [0.4, 0.5) is 11.9 Å². The van der Waals surface area contributed by atoms with Gasteiger partial charge in [-0.05, 0) is 11.6 Å². The van der Waals surface area contributed by atoms with E-state index in [-0.39, 0.29) is 5.28 Å². The Morgan fingerprint density at radius 2 is 1.86 bits per heavy atom. The first-order chi connectivity index (χ1) is 10.8. The van der Waals surface area contributed by atoms with Gasteiger partial charge in [-0.15, -0.1) is 0 Å². The molecular formula is C13H21ClN6OS. The average Bonchev–Trinajstić information content (AvgIpc) is 2.56. The minimum atomic E-state index is 0.247. The summed E-state index contributed by atoms with van der Waals surface area (Å²) in [7, 11) is 0. The first-order valence-corrected chi connectivity index (χ1v) is 9.13. The van der Waals surface area contributed by atoms with Gasteiger partial charge < -0.3 is 15.0 Å². The number of ether oxygens (including phenoxy) is 1. The number of morpholine rings is 1. The van der Waals surface area contributed by atoms with Gasteiger partial charge in [0.1, 0.15) is 0 Å². The molecule has 7 nitrogen and oxygen atoms in total. The van der Waals surface area contributed by atoms with Gasteiger partial charge in [-0.2, -0.15) is 26.7 Å². The molecule has 2 aliphatic rings. The van der Waals surface area contributed by atoms with Crippen molar-refractivity contribution in [3.8, 4) is 0 Å². The van der Waals surface area contributed by atoms with Crippen LogP contribution >= 0.6 is 23.4 Å². The van der Waals surface area contributed by atoms with E-state index in [9.17, 15) is 0 Å². The van der Waals surface area contributed by atoms with Crippen molar-refractivity contribution >= 4 is 35.3 Å². The summed E-state index contributed by atoms with van der Waals surface area (Å²) in [5.41, 5.74) is 0. The van der Waals surface area contributed by atoms with Crippen LogP contribution in [0.1, 0.15) is 0 Å². The Labute approximate surface area is 139 Å². The van der Waals surface area contributed by atoms with Crippen LogP contribution in [0.25, 0.3) is 0 Å². The monoisotopic (exact) mass is 344 g/mol. The maximum absolute atomic E-state index is 6.04. The van der Waals surface area contributed by atoms with Crippen molar-refractivity contribution in [2.24, 2.45) is 0 Å². The highest BCUT2D eigenvalue weighted by atomic mass is 35.5. The maximum atomic E-state index is 6.04. The smallest absolute Gasteiger partial charge is 0.231 e. The molecule has 0 bridgehead atoms. The fourth-order valence-electron chi connectivity index (χ4n) is 2.47. The highest BCUT2D eigenvalue weighted by Crippen LogP contribution is 2.18. The van der Waals surface area contributed by atoms with E-state index in [1.165, 1.54) is 0 Å². The molecule has 3 rings (SSSR count). The lowest BCUT2D eigenvalue weighted by molar-refractivity contribution is 0.0398. The summed E-state index contributed by atoms with van der Waals surface area (Å²) in [6.07, 6.45) is 0. The van der Waals surface area contributed by atoms with Gasteiger partial charge in [-0.3, -0.25) is 4.90 Å². The van der Waals surface area contributed by atoms with E-state index >= 15 is 0 Å². The van der Waals surface area contributed by atoms with Crippen molar-refractivity contribution in [3.63, 3.8) is 0 Å². The van der Waals surface area contributed by atoms with Crippen molar-refractivity contribution in [2.75, 3.05) is 74.2 Å². The lowest BCUT2D eigenvalue weighted by Crippen LogP contribution is -2.39. The van der Waals surface area contributed by atoms with Crippen LogP contribution < -0.4 is 10.2 Å². The topological polar surface area (TPSA) is 66.4 Å². The molecule has 0 saturated carbocycles. The lowest BCUT2D eigenvalue weighted by Gasteiger charge is -2.27. The third-order valence-corrected chi connectivity index (χ3v) is 4.82. The van der Waals surface area contributed by atoms with E-state index < -0.39 is 0 Å². The zero-order chi connectivity index (χ0) is 15.2. The molecule has 0 aliphatic carbocycles. The van der Waals surface area contributed by atoms with Gasteiger partial charge in [0.2, 0.25) is 17.2 Å². The predicted octanol–water partition coefficient (Wildman–Crippen LogP) is 0.822. The zero-order valence-corrected chi connectivity index (χ0v) is 14.1. The van der Waals surface area contributed by atoms with Crippen LogP contribution in [0.15, 0.2) is 0 Å². The molecule has 3 heterocycles. The Hall–Kier alpha value is -0.830. The minimum Gasteiger partial charge on any atom is -0.379 e. The Morgan fingerprint density at radius 3 is 2.64 bits per heavy atom. The summed E-state index contributed by atoms with van der Waals surface area (Å²) in [6.45, 7) is 7.24. The summed E-state index contributed by atoms with van der Waals surface area (Å²) < 4.78 is 5.34. The second-order valence-corrected chi connectivity index (χ2v) is 6.77. The number of aromatic nitrogens is 3. The van der Waals surface area contributed by atoms with Crippen molar-refractivity contribution < 1.29 is 4.74 Å². The Kier molecular flexibility index (Phi) is 5.94. The summed E-state index contributed by atoms with van der Waals surface area (Å²) >= 11 is 7.99. The number of nitrogens with zero attached hydrogens (tertiary/aromatic N) is 5. The molecule has 0 unspecified atom stereocenters. The van der Waals surface area contributed by atoms with E-state index in [1.807, 2.05) is 11.8 Å². The predicted molar refractivity (Wildman–Crippen MR) is 90.1 cm³/mol. The van der Waals surface area contributed by atoms with Crippen LogP contribution in [-0.2, 0) is 4.74 Å². The normalized spacial score (nSPS) is 20.1. The first-order valence-electron chi connectivity index (χ1n) is 7.59. The van der Waals surface area contributed by atoms with E-state index in [4.69, 9.17) is 16.3 Å². The number of thioether (sulfide) groups is 1. The van der Waals surface area contributed by atoms with Gasteiger partial charge in [-0.25, -0.2) is 0 Å². The average molecular weight is 345 g/mol. The summed E-state index contributed by atoms with van der Waals surface area (Å²) in [5, 5.41) is 3.50. The van der Waals surface area contributed by atoms with Crippen molar-refractivity contribution in [1.82, 2.24) is 19.9 Å². The lowest BCUT2D eigenvalue weighted by atomic mass is 10.4. The summed E-state index contributed by atoms with van der Waals surface area (Å²) in [6, 6.07) is 0. The molecule has 1 aromatic rings. The first kappa shape index (κ1) is 16.0. The molecule has 9 heteroatoms. The molecule has 0 spiro atoms. The summed E-state index contributed by atoms with van der Waals surface area (Å²) in [5.74, 6) is 3.43. The fraction of sp³-hybridized carbons (Fsp3) is 0.769. The molecule has 2 fully saturated rings. The summed E-state index contributed by atoms with van der Waals surface area (Å²) in [4.78, 5) is 17.4. The van der Waals surface area contributed by atoms with Gasteiger partial charge in [0.25, 0.3) is 0 Å². The van der Waals surface area contributed by atoms with Gasteiger partial charge >= 0.3 is 0 Å². The Bertz CT molecular complexity index is 482. The number of hydrogen-bond acceptors (Lipinski definition) is 8. The van der Waals surface area contributed by atoms with Gasteiger partial charge in [0.05, 0.1) is 13.2 Å². The van der Waals surface area contributed by atoms with E-state index in [0.717, 1.165) is 64.0 Å². The molecular weight excluding hydrogens is 324 g/mol. The third-order valence-electron chi connectivity index (χ3n) is 3.71. The molecule has 1 N–H and O–H groups in total. The molecule has 0 aromatic carbocycles. The van der Waals surface area contributed by atoms with Gasteiger partial charge in [0.15, 0.2) is 0 Å². The van der Waals surface area contributed by atoms with Crippen molar-refractivity contribution in [3.05, 3.63) is 5.28 Å². The number of hydrogen-bond donors (Lipinski definition) is 1. The molecule has 0 atom stereocenters. The molecule has 1 aromatic heterocycles. The van der Waals surface area contributed by atoms with Crippen LogP contribution in [0.5, 0.6) is 0 Å². The SMILES string of the molecule is Clc1nc(NCCN2CCOCC2)nc(N2CCSCC2)n1. The standard InChI is InChI=1S/C13H21ClN6OS/c14-11-16-12(15-1-2-19-3-7-21-8-4-19)18-13(17-11)20-5-9-22-10-6-20/h1-10H2,(H,15,16,17,18). The maximum Gasteiger partial charge on any atom is 0.231 e. The third kappa shape index (κ3) is 4.58. The molecule has 0 amide bonds. The molecule has 122 valence electrons. The quantitative estimate of drug-likeness (QED) is 0.842. The van der Waals surface area contributed by atoms with E-state index in [1.54, 1.807) is 0 Å². The number of anilines is 2. The minimum absolute atomic E-state index is 0.247. The van der Waals surface area contributed by atoms with Crippen LogP contribution in [-0.4, -0.2) is 83.8 Å².